The zero-order valence-electron chi connectivity index (χ0n) is 20.3. The molecular weight excluding hydrogens is 559 g/mol. The number of hydrogen-bond donors (Lipinski definition) is 0. The molecule has 0 saturated carbocycles. The number of rotatable bonds is 5. The lowest BCUT2D eigenvalue weighted by molar-refractivity contribution is -0.142. The van der Waals surface area contributed by atoms with Gasteiger partial charge < -0.3 is 9.64 Å². The van der Waals surface area contributed by atoms with Crippen LogP contribution in [0.3, 0.4) is 0 Å². The Kier molecular flexibility index (Phi) is 7.17. The number of methoxy groups -OCH3 is 1. The number of halogens is 7. The number of sulfone groups is 1. The fraction of sp³-hybridized carbons (Fsp3) is 0.333. The first kappa shape index (κ1) is 28.4. The molecule has 1 aromatic heterocycles. The van der Waals surface area contributed by atoms with E-state index in [0.717, 1.165) is 36.1 Å². The molecule has 2 aromatic carbocycles. The predicted molar refractivity (Wildman–Crippen MR) is 123 cm³/mol. The number of hydrogen-bond acceptors (Lipinski definition) is 6. The first-order chi connectivity index (χ1) is 18.1. The van der Waals surface area contributed by atoms with E-state index < -0.39 is 60.9 Å². The van der Waals surface area contributed by atoms with E-state index in [4.69, 9.17) is 4.74 Å². The van der Waals surface area contributed by atoms with E-state index in [-0.39, 0.29) is 36.2 Å². The summed E-state index contributed by atoms with van der Waals surface area (Å²) >= 11 is 0. The molecular formula is C24H20F7N3O4S. The van der Waals surface area contributed by atoms with Crippen LogP contribution in [0.2, 0.25) is 0 Å². The third-order valence-electron chi connectivity index (χ3n) is 6.22. The summed E-state index contributed by atoms with van der Waals surface area (Å²) in [6, 6.07) is 3.52. The Bertz CT molecular complexity index is 1510. The minimum Gasteiger partial charge on any atom is -0.467 e. The van der Waals surface area contributed by atoms with Gasteiger partial charge >= 0.3 is 18.3 Å². The topological polar surface area (TPSA) is 81.5 Å². The van der Waals surface area contributed by atoms with Gasteiger partial charge in [0.2, 0.25) is 9.84 Å². The summed E-state index contributed by atoms with van der Waals surface area (Å²) in [5.74, 6) is -2.41. The first-order valence-corrected chi connectivity index (χ1v) is 12.8. The molecule has 2 heterocycles. The second kappa shape index (κ2) is 9.84. The van der Waals surface area contributed by atoms with E-state index in [0.29, 0.717) is 18.6 Å². The SMILES string of the molecule is COC(=O)C1CCCN1c1c(S(=O)(=O)c2ccc(F)cc2C(F)(F)F)c(C)nn1-c1ccc(C(F)(F)F)cc1. The molecule has 1 aliphatic rings. The number of nitrogens with zero attached hydrogens (tertiary/aromatic N) is 3. The Labute approximate surface area is 217 Å². The fourth-order valence-corrected chi connectivity index (χ4v) is 6.31. The molecule has 39 heavy (non-hydrogen) atoms. The molecule has 0 aliphatic carbocycles. The molecule has 1 fully saturated rings. The molecule has 7 nitrogen and oxygen atoms in total. The molecule has 1 atom stereocenters. The lowest BCUT2D eigenvalue weighted by atomic mass is 10.2. The van der Waals surface area contributed by atoms with E-state index in [2.05, 4.69) is 5.10 Å². The number of alkyl halides is 6. The van der Waals surface area contributed by atoms with Crippen LogP contribution in [0.5, 0.6) is 0 Å². The van der Waals surface area contributed by atoms with Crippen molar-refractivity contribution in [2.24, 2.45) is 0 Å². The highest BCUT2D eigenvalue weighted by molar-refractivity contribution is 7.91. The maximum Gasteiger partial charge on any atom is 0.417 e. The summed E-state index contributed by atoms with van der Waals surface area (Å²) < 4.78 is 128. The number of carbonyl (C=O) groups is 1. The fourth-order valence-electron chi connectivity index (χ4n) is 4.51. The summed E-state index contributed by atoms with van der Waals surface area (Å²) in [4.78, 5) is 11.8. The van der Waals surface area contributed by atoms with Crippen molar-refractivity contribution in [1.29, 1.82) is 0 Å². The van der Waals surface area contributed by atoms with Crippen LogP contribution in [0.4, 0.5) is 36.6 Å². The zero-order valence-corrected chi connectivity index (χ0v) is 21.1. The lowest BCUT2D eigenvalue weighted by Gasteiger charge is -2.27. The quantitative estimate of drug-likeness (QED) is 0.231. The van der Waals surface area contributed by atoms with E-state index in [1.807, 2.05) is 0 Å². The Morgan fingerprint density at radius 1 is 1.03 bits per heavy atom. The van der Waals surface area contributed by atoms with Crippen molar-refractivity contribution in [2.75, 3.05) is 18.6 Å². The van der Waals surface area contributed by atoms with Gasteiger partial charge in [0, 0.05) is 6.54 Å². The Hall–Kier alpha value is -3.62. The summed E-state index contributed by atoms with van der Waals surface area (Å²) in [6.07, 6.45) is -9.35. The number of carbonyl (C=O) groups excluding carboxylic acids is 1. The average Bonchev–Trinajstić information content (AvgIpc) is 3.47. The molecule has 1 unspecified atom stereocenters. The van der Waals surface area contributed by atoms with Crippen LogP contribution in [0, 0.1) is 12.7 Å². The number of ether oxygens (including phenoxy) is 1. The molecule has 0 radical (unpaired) electrons. The number of aryl methyl sites for hydroxylation is 1. The molecule has 1 aliphatic heterocycles. The summed E-state index contributed by atoms with van der Waals surface area (Å²) in [5.41, 5.74) is -3.09. The second-order valence-electron chi connectivity index (χ2n) is 8.71. The van der Waals surface area contributed by atoms with Gasteiger partial charge in [-0.25, -0.2) is 22.3 Å². The standard InChI is InChI=1S/C24H20F7N3O4S/c1-13-20(39(36,37)19-10-7-15(25)12-17(19)24(29,30)31)21(33-11-3-4-18(33)22(35)38-2)34(32-13)16-8-5-14(6-9-16)23(26,27)28/h5-10,12,18H,3-4,11H2,1-2H3. The highest BCUT2D eigenvalue weighted by Gasteiger charge is 2.43. The highest BCUT2D eigenvalue weighted by Crippen LogP contribution is 2.42. The van der Waals surface area contributed by atoms with Crippen molar-refractivity contribution in [2.45, 2.75) is 48.0 Å². The molecule has 1 saturated heterocycles. The van der Waals surface area contributed by atoms with Crippen molar-refractivity contribution >= 4 is 21.6 Å². The second-order valence-corrected chi connectivity index (χ2v) is 10.6. The van der Waals surface area contributed by atoms with Gasteiger partial charge in [-0.15, -0.1) is 0 Å². The number of anilines is 1. The van der Waals surface area contributed by atoms with Crippen LogP contribution in [-0.2, 0) is 31.7 Å². The third-order valence-corrected chi connectivity index (χ3v) is 8.18. The Morgan fingerprint density at radius 3 is 2.23 bits per heavy atom. The van der Waals surface area contributed by atoms with Crippen molar-refractivity contribution in [3.05, 3.63) is 65.1 Å². The van der Waals surface area contributed by atoms with Gasteiger partial charge in [0.25, 0.3) is 0 Å². The van der Waals surface area contributed by atoms with Gasteiger partial charge in [0.05, 0.1) is 34.5 Å². The molecule has 0 amide bonds. The van der Waals surface area contributed by atoms with E-state index in [9.17, 15) is 43.9 Å². The normalized spacial score (nSPS) is 16.5. The highest BCUT2D eigenvalue weighted by atomic mass is 32.2. The smallest absolute Gasteiger partial charge is 0.417 e. The number of aromatic nitrogens is 2. The van der Waals surface area contributed by atoms with Gasteiger partial charge in [-0.2, -0.15) is 31.4 Å². The number of esters is 1. The first-order valence-electron chi connectivity index (χ1n) is 11.3. The zero-order chi connectivity index (χ0) is 28.9. The van der Waals surface area contributed by atoms with Gasteiger partial charge in [-0.3, -0.25) is 0 Å². The molecule has 210 valence electrons. The molecule has 15 heteroatoms. The monoisotopic (exact) mass is 579 g/mol. The van der Waals surface area contributed by atoms with E-state index in [1.54, 1.807) is 0 Å². The van der Waals surface area contributed by atoms with Gasteiger partial charge in [0.15, 0.2) is 5.82 Å². The molecule has 0 bridgehead atoms. The Balaban J connectivity index is 2.01. The average molecular weight is 579 g/mol. The molecule has 0 N–H and O–H groups in total. The molecule has 3 aromatic rings. The van der Waals surface area contributed by atoms with Crippen molar-refractivity contribution in [1.82, 2.24) is 9.78 Å². The maximum absolute atomic E-state index is 13.8. The van der Waals surface area contributed by atoms with Gasteiger partial charge in [0.1, 0.15) is 16.8 Å². The van der Waals surface area contributed by atoms with Crippen LogP contribution in [-0.4, -0.2) is 43.9 Å². The minimum absolute atomic E-state index is 0.0479. The minimum atomic E-state index is -5.25. The number of benzene rings is 2. The molecule has 4 rings (SSSR count). The van der Waals surface area contributed by atoms with Crippen molar-refractivity contribution in [3.8, 4) is 5.69 Å². The third kappa shape index (κ3) is 5.18. The predicted octanol–water partition coefficient (Wildman–Crippen LogP) is 5.33. The Morgan fingerprint density at radius 2 is 1.67 bits per heavy atom. The van der Waals surface area contributed by atoms with Crippen LogP contribution in [0.1, 0.15) is 29.7 Å². The van der Waals surface area contributed by atoms with Gasteiger partial charge in [-0.05, 0) is 62.2 Å². The summed E-state index contributed by atoms with van der Waals surface area (Å²) in [6.45, 7) is 1.25. The maximum atomic E-state index is 13.8. The van der Waals surface area contributed by atoms with Crippen LogP contribution < -0.4 is 4.90 Å². The largest absolute Gasteiger partial charge is 0.467 e. The summed E-state index contributed by atoms with van der Waals surface area (Å²) in [7, 11) is -3.99. The van der Waals surface area contributed by atoms with Crippen molar-refractivity contribution in [3.63, 3.8) is 0 Å². The van der Waals surface area contributed by atoms with Crippen LogP contribution >= 0.6 is 0 Å². The van der Waals surface area contributed by atoms with Crippen molar-refractivity contribution < 1.29 is 48.7 Å². The van der Waals surface area contributed by atoms with E-state index >= 15 is 0 Å². The van der Waals surface area contributed by atoms with Crippen LogP contribution in [0.25, 0.3) is 5.69 Å². The van der Waals surface area contributed by atoms with E-state index in [1.165, 1.54) is 11.8 Å². The lowest BCUT2D eigenvalue weighted by Crippen LogP contribution is -2.38. The van der Waals surface area contributed by atoms with Crippen LogP contribution in [0.15, 0.2) is 52.3 Å². The summed E-state index contributed by atoms with van der Waals surface area (Å²) in [5, 5.41) is 4.15. The molecule has 0 spiro atoms. The van der Waals surface area contributed by atoms with Gasteiger partial charge in [-0.1, -0.05) is 0 Å².